The minimum Gasteiger partial charge on any atom is -0.495 e. The lowest BCUT2D eigenvalue weighted by Crippen LogP contribution is -2.49. The monoisotopic (exact) mass is 579 g/mol. The SMILES string of the molecule is COc1cc(C)cc2cc(-c3c(CNC(C)=O)c(CN4CCN(C(=O)OC(C)(C)C)CC4)n4ncnc(N)c34)sc12. The molecule has 11 nitrogen and oxygen atoms in total. The summed E-state index contributed by atoms with van der Waals surface area (Å²) < 4.78 is 14.1. The van der Waals surface area contributed by atoms with Gasteiger partial charge < -0.3 is 25.4 Å². The smallest absolute Gasteiger partial charge is 0.410 e. The quantitative estimate of drug-likeness (QED) is 0.348. The van der Waals surface area contributed by atoms with Gasteiger partial charge in [0, 0.05) is 62.2 Å². The van der Waals surface area contributed by atoms with E-state index >= 15 is 0 Å². The molecule has 4 aromatic rings. The van der Waals surface area contributed by atoms with Crippen LogP contribution in [0.2, 0.25) is 0 Å². The van der Waals surface area contributed by atoms with E-state index in [-0.39, 0.29) is 12.0 Å². The topological polar surface area (TPSA) is 127 Å². The average Bonchev–Trinajstić information content (AvgIpc) is 3.46. The maximum Gasteiger partial charge on any atom is 0.410 e. The van der Waals surface area contributed by atoms with Crippen molar-refractivity contribution >= 4 is 44.8 Å². The van der Waals surface area contributed by atoms with Gasteiger partial charge in [-0.15, -0.1) is 11.3 Å². The van der Waals surface area contributed by atoms with E-state index in [9.17, 15) is 9.59 Å². The Balaban J connectivity index is 1.56. The summed E-state index contributed by atoms with van der Waals surface area (Å²) in [6, 6.07) is 6.30. The Labute approximate surface area is 243 Å². The number of fused-ring (bicyclic) bond motifs is 2. The van der Waals surface area contributed by atoms with Crippen molar-refractivity contribution in [2.24, 2.45) is 0 Å². The van der Waals surface area contributed by atoms with E-state index in [0.717, 1.165) is 43.1 Å². The van der Waals surface area contributed by atoms with Gasteiger partial charge in [0.2, 0.25) is 5.91 Å². The number of nitrogens with two attached hydrogens (primary N) is 1. The normalized spacial score (nSPS) is 14.5. The number of nitrogens with one attached hydrogen (secondary N) is 1. The van der Waals surface area contributed by atoms with Gasteiger partial charge in [-0.25, -0.2) is 14.3 Å². The highest BCUT2D eigenvalue weighted by Crippen LogP contribution is 2.44. The molecule has 2 amide bonds. The predicted molar refractivity (Wildman–Crippen MR) is 160 cm³/mol. The summed E-state index contributed by atoms with van der Waals surface area (Å²) in [4.78, 5) is 34.0. The van der Waals surface area contributed by atoms with Crippen molar-refractivity contribution in [3.63, 3.8) is 0 Å². The minimum absolute atomic E-state index is 0.129. The Morgan fingerprint density at radius 3 is 2.54 bits per heavy atom. The molecule has 1 saturated heterocycles. The number of thiophene rings is 1. The number of piperazine rings is 1. The number of ether oxygens (including phenoxy) is 2. The van der Waals surface area contributed by atoms with Gasteiger partial charge in [0.15, 0.2) is 5.82 Å². The van der Waals surface area contributed by atoms with E-state index in [1.807, 2.05) is 38.3 Å². The molecular formula is C29H37N7O4S. The molecule has 0 aliphatic carbocycles. The first kappa shape index (κ1) is 28.6. The first-order chi connectivity index (χ1) is 19.4. The van der Waals surface area contributed by atoms with Crippen molar-refractivity contribution in [2.45, 2.75) is 53.3 Å². The molecule has 0 bridgehead atoms. The molecule has 1 fully saturated rings. The molecule has 12 heteroatoms. The minimum atomic E-state index is -0.539. The zero-order chi connectivity index (χ0) is 29.5. The van der Waals surface area contributed by atoms with Crippen LogP contribution in [-0.2, 0) is 22.6 Å². The molecular weight excluding hydrogens is 542 g/mol. The molecule has 0 saturated carbocycles. The van der Waals surface area contributed by atoms with Gasteiger partial charge in [0.25, 0.3) is 0 Å². The second kappa shape index (κ2) is 11.2. The van der Waals surface area contributed by atoms with E-state index < -0.39 is 5.60 Å². The van der Waals surface area contributed by atoms with Crippen LogP contribution in [0.5, 0.6) is 5.75 Å². The van der Waals surface area contributed by atoms with Crippen molar-refractivity contribution in [3.05, 3.63) is 41.3 Å². The van der Waals surface area contributed by atoms with Crippen LogP contribution in [0, 0.1) is 6.92 Å². The second-order valence-corrected chi connectivity index (χ2v) is 12.4. The van der Waals surface area contributed by atoms with Gasteiger partial charge >= 0.3 is 6.09 Å². The summed E-state index contributed by atoms with van der Waals surface area (Å²) in [5.74, 6) is 1.05. The van der Waals surface area contributed by atoms with Crippen LogP contribution in [0.4, 0.5) is 10.6 Å². The van der Waals surface area contributed by atoms with Crippen molar-refractivity contribution in [1.29, 1.82) is 0 Å². The third-order valence-corrected chi connectivity index (χ3v) is 8.25. The molecule has 5 rings (SSSR count). The van der Waals surface area contributed by atoms with Crippen LogP contribution in [0.15, 0.2) is 24.5 Å². The van der Waals surface area contributed by atoms with E-state index in [0.29, 0.717) is 50.6 Å². The summed E-state index contributed by atoms with van der Waals surface area (Å²) in [5, 5.41) is 8.67. The molecule has 3 aromatic heterocycles. The average molecular weight is 580 g/mol. The molecule has 0 atom stereocenters. The number of nitrogens with zero attached hydrogens (tertiary/aromatic N) is 5. The lowest BCUT2D eigenvalue weighted by atomic mass is 10.1. The zero-order valence-electron chi connectivity index (χ0n) is 24.4. The van der Waals surface area contributed by atoms with Crippen molar-refractivity contribution in [3.8, 4) is 16.2 Å². The Morgan fingerprint density at radius 1 is 1.15 bits per heavy atom. The first-order valence-corrected chi connectivity index (χ1v) is 14.4. The van der Waals surface area contributed by atoms with Crippen LogP contribution >= 0.6 is 11.3 Å². The summed E-state index contributed by atoms with van der Waals surface area (Å²) in [6.45, 7) is 12.5. The largest absolute Gasteiger partial charge is 0.495 e. The van der Waals surface area contributed by atoms with Crippen molar-refractivity contribution in [2.75, 3.05) is 39.0 Å². The van der Waals surface area contributed by atoms with Gasteiger partial charge in [0.1, 0.15) is 23.2 Å². The third-order valence-electron chi connectivity index (χ3n) is 7.07. The fourth-order valence-electron chi connectivity index (χ4n) is 5.22. The van der Waals surface area contributed by atoms with Crippen molar-refractivity contribution < 1.29 is 19.1 Å². The first-order valence-electron chi connectivity index (χ1n) is 13.6. The molecule has 1 aliphatic heterocycles. The van der Waals surface area contributed by atoms with E-state index in [2.05, 4.69) is 32.4 Å². The number of hydrogen-bond acceptors (Lipinski definition) is 9. The van der Waals surface area contributed by atoms with Gasteiger partial charge in [-0.2, -0.15) is 5.10 Å². The highest BCUT2D eigenvalue weighted by Gasteiger charge is 2.29. The maximum atomic E-state index is 12.6. The number of benzene rings is 1. The van der Waals surface area contributed by atoms with Gasteiger partial charge in [-0.3, -0.25) is 9.69 Å². The standard InChI is InChI=1S/C29H37N7O4S/c1-17-11-19-13-23(41-26(19)22(12-17)39-6)24-20(14-31-18(2)37)21(36-25(24)27(30)32-16-33-36)15-34-7-9-35(10-8-34)28(38)40-29(3,4)5/h11-13,16H,7-10,14-15H2,1-6H3,(H,31,37)(H2,30,32,33). The number of aromatic nitrogens is 3. The molecule has 4 heterocycles. The lowest BCUT2D eigenvalue weighted by Gasteiger charge is -2.35. The number of methoxy groups -OCH3 is 1. The van der Waals surface area contributed by atoms with Crippen LogP contribution in [0.3, 0.4) is 0 Å². The van der Waals surface area contributed by atoms with E-state index in [4.69, 9.17) is 15.2 Å². The van der Waals surface area contributed by atoms with Gasteiger partial charge in [-0.1, -0.05) is 6.07 Å². The van der Waals surface area contributed by atoms with Gasteiger partial charge in [0.05, 0.1) is 17.5 Å². The third kappa shape index (κ3) is 5.94. The highest BCUT2D eigenvalue weighted by atomic mass is 32.1. The summed E-state index contributed by atoms with van der Waals surface area (Å²) in [7, 11) is 1.68. The zero-order valence-corrected chi connectivity index (χ0v) is 25.2. The Bertz CT molecular complexity index is 1610. The Kier molecular flexibility index (Phi) is 7.80. The van der Waals surface area contributed by atoms with Crippen LogP contribution in [0.25, 0.3) is 26.0 Å². The molecule has 218 valence electrons. The number of anilines is 1. The Morgan fingerprint density at radius 2 is 1.88 bits per heavy atom. The van der Waals surface area contributed by atoms with E-state index in [1.165, 1.54) is 13.3 Å². The van der Waals surface area contributed by atoms with Crippen LogP contribution in [0.1, 0.15) is 44.5 Å². The van der Waals surface area contributed by atoms with Gasteiger partial charge in [-0.05, 0) is 50.8 Å². The predicted octanol–water partition coefficient (Wildman–Crippen LogP) is 4.20. The second-order valence-electron chi connectivity index (χ2n) is 11.4. The Hall–Kier alpha value is -3.90. The number of rotatable bonds is 6. The highest BCUT2D eigenvalue weighted by molar-refractivity contribution is 7.22. The number of aryl methyl sites for hydroxylation is 1. The van der Waals surface area contributed by atoms with Crippen molar-refractivity contribution in [1.82, 2.24) is 29.7 Å². The number of hydrogen-bond donors (Lipinski definition) is 2. The van der Waals surface area contributed by atoms with E-state index in [1.54, 1.807) is 23.3 Å². The van der Waals surface area contributed by atoms with Crippen LogP contribution < -0.4 is 15.8 Å². The molecule has 1 aliphatic rings. The molecule has 0 radical (unpaired) electrons. The number of amides is 2. The fraction of sp³-hybridized carbons (Fsp3) is 0.448. The molecule has 1 aromatic carbocycles. The molecule has 0 spiro atoms. The molecule has 0 unspecified atom stereocenters. The fourth-order valence-corrected chi connectivity index (χ4v) is 6.42. The lowest BCUT2D eigenvalue weighted by molar-refractivity contribution is -0.119. The number of carbonyl (C=O) groups is 2. The summed E-state index contributed by atoms with van der Waals surface area (Å²) in [6.07, 6.45) is 1.16. The number of carbonyl (C=O) groups excluding carboxylic acids is 2. The molecule has 41 heavy (non-hydrogen) atoms. The summed E-state index contributed by atoms with van der Waals surface area (Å²) >= 11 is 1.62. The summed E-state index contributed by atoms with van der Waals surface area (Å²) in [5.41, 5.74) is 10.5. The number of nitrogen functional groups attached to an aromatic ring is 1. The van der Waals surface area contributed by atoms with Crippen LogP contribution in [-0.4, -0.2) is 75.3 Å². The maximum absolute atomic E-state index is 12.6. The molecule has 3 N–H and O–H groups in total.